The van der Waals surface area contributed by atoms with Gasteiger partial charge < -0.3 is 15.3 Å². The van der Waals surface area contributed by atoms with Crippen molar-refractivity contribution < 1.29 is 14.7 Å². The number of nitrogens with zero attached hydrogens (tertiary/aromatic N) is 1. The Morgan fingerprint density at radius 2 is 1.83 bits per heavy atom. The largest absolute Gasteiger partial charge is 0.480 e. The van der Waals surface area contributed by atoms with Gasteiger partial charge in [-0.15, -0.1) is 0 Å². The maximum atomic E-state index is 11.6. The molecule has 18 heavy (non-hydrogen) atoms. The normalized spacial score (nSPS) is 24.0. The predicted octanol–water partition coefficient (Wildman–Crippen LogP) is 1.23. The van der Waals surface area contributed by atoms with Crippen LogP contribution in [0.2, 0.25) is 0 Å². The van der Waals surface area contributed by atoms with Crippen molar-refractivity contribution in [1.29, 1.82) is 0 Å². The molecule has 0 heterocycles. The highest BCUT2D eigenvalue weighted by molar-refractivity contribution is 5.74. The van der Waals surface area contributed by atoms with Crippen molar-refractivity contribution in [2.45, 2.75) is 64.6 Å². The minimum atomic E-state index is -0.815. The van der Waals surface area contributed by atoms with Gasteiger partial charge in [-0.3, -0.25) is 9.59 Å². The topological polar surface area (TPSA) is 69.6 Å². The third-order valence-corrected chi connectivity index (χ3v) is 3.55. The number of carbonyl (C=O) groups excluding carboxylic acids is 1. The summed E-state index contributed by atoms with van der Waals surface area (Å²) in [7, 11) is 0. The van der Waals surface area contributed by atoms with Gasteiger partial charge in [0.2, 0.25) is 5.91 Å². The molecule has 1 rings (SSSR count). The first kappa shape index (κ1) is 15.0. The maximum Gasteiger partial charge on any atom is 0.317 e. The summed E-state index contributed by atoms with van der Waals surface area (Å²) < 4.78 is 0. The third-order valence-electron chi connectivity index (χ3n) is 3.55. The van der Waals surface area contributed by atoms with Gasteiger partial charge in [0.25, 0.3) is 0 Å². The monoisotopic (exact) mass is 256 g/mol. The lowest BCUT2D eigenvalue weighted by Crippen LogP contribution is -2.48. The van der Waals surface area contributed by atoms with Crippen molar-refractivity contribution in [2.75, 3.05) is 6.54 Å². The summed E-state index contributed by atoms with van der Waals surface area (Å²) in [5, 5.41) is 11.7. The zero-order valence-corrected chi connectivity index (χ0v) is 11.5. The second kappa shape index (κ2) is 6.73. The lowest BCUT2D eigenvalue weighted by atomic mass is 9.89. The van der Waals surface area contributed by atoms with E-state index in [2.05, 4.69) is 5.32 Å². The fourth-order valence-corrected chi connectivity index (χ4v) is 2.83. The van der Waals surface area contributed by atoms with Gasteiger partial charge in [-0.1, -0.05) is 0 Å². The average Bonchev–Trinajstić information content (AvgIpc) is 2.27. The summed E-state index contributed by atoms with van der Waals surface area (Å²) in [5.74, 6) is -0.684. The molecule has 2 N–H and O–H groups in total. The zero-order chi connectivity index (χ0) is 13.7. The van der Waals surface area contributed by atoms with E-state index in [0.29, 0.717) is 6.04 Å². The molecule has 104 valence electrons. The van der Waals surface area contributed by atoms with E-state index in [-0.39, 0.29) is 24.5 Å². The van der Waals surface area contributed by atoms with Crippen molar-refractivity contribution >= 4 is 11.9 Å². The molecular formula is C13H24N2O3. The van der Waals surface area contributed by atoms with Crippen LogP contribution in [0.1, 0.15) is 46.5 Å². The molecule has 0 unspecified atom stereocenters. The number of aliphatic carboxylic acids is 1. The Balaban J connectivity index is 2.42. The van der Waals surface area contributed by atoms with Crippen LogP contribution in [0, 0.1) is 0 Å². The van der Waals surface area contributed by atoms with Crippen molar-refractivity contribution in [3.05, 3.63) is 0 Å². The Morgan fingerprint density at radius 3 is 2.22 bits per heavy atom. The number of carboxylic acid groups (broad SMARTS) is 1. The molecule has 0 aliphatic heterocycles. The molecule has 1 fully saturated rings. The number of rotatable bonds is 5. The Hall–Kier alpha value is -1.10. The molecule has 0 aromatic heterocycles. The zero-order valence-electron chi connectivity index (χ0n) is 11.5. The van der Waals surface area contributed by atoms with Crippen LogP contribution in [-0.4, -0.2) is 46.6 Å². The number of hydrogen-bond donors (Lipinski definition) is 2. The summed E-state index contributed by atoms with van der Waals surface area (Å²) in [5.41, 5.74) is 0. The standard InChI is InChI=1S/C13H24N2O3/c1-9(2)15(10(3)16)12-6-4-11(5-7-12)14-8-13(17)18/h9,11-12,14H,4-8H2,1-3H3,(H,17,18). The SMILES string of the molecule is CC(=O)N(C(C)C)C1CCC(NCC(=O)O)CC1. The van der Waals surface area contributed by atoms with Crippen molar-refractivity contribution in [1.82, 2.24) is 10.2 Å². The lowest BCUT2D eigenvalue weighted by molar-refractivity contribution is -0.136. The van der Waals surface area contributed by atoms with E-state index in [4.69, 9.17) is 5.11 Å². The van der Waals surface area contributed by atoms with E-state index in [1.807, 2.05) is 18.7 Å². The van der Waals surface area contributed by atoms with E-state index in [1.54, 1.807) is 6.92 Å². The molecule has 0 aromatic rings. The molecule has 1 saturated carbocycles. The Morgan fingerprint density at radius 1 is 1.28 bits per heavy atom. The molecule has 0 spiro atoms. The number of hydrogen-bond acceptors (Lipinski definition) is 3. The lowest BCUT2D eigenvalue weighted by Gasteiger charge is -2.39. The smallest absolute Gasteiger partial charge is 0.317 e. The first-order valence-corrected chi connectivity index (χ1v) is 6.66. The molecule has 0 bridgehead atoms. The summed E-state index contributed by atoms with van der Waals surface area (Å²) >= 11 is 0. The van der Waals surface area contributed by atoms with Gasteiger partial charge in [0.1, 0.15) is 0 Å². The first-order chi connectivity index (χ1) is 8.41. The fraction of sp³-hybridized carbons (Fsp3) is 0.846. The van der Waals surface area contributed by atoms with Crippen molar-refractivity contribution in [3.8, 4) is 0 Å². The van der Waals surface area contributed by atoms with Crippen LogP contribution in [0.5, 0.6) is 0 Å². The second-order valence-electron chi connectivity index (χ2n) is 5.30. The van der Waals surface area contributed by atoms with E-state index < -0.39 is 5.97 Å². The number of carboxylic acids is 1. The van der Waals surface area contributed by atoms with Gasteiger partial charge in [0.05, 0.1) is 6.54 Å². The summed E-state index contributed by atoms with van der Waals surface area (Å²) in [4.78, 5) is 24.0. The van der Waals surface area contributed by atoms with E-state index in [1.165, 1.54) is 0 Å². The van der Waals surface area contributed by atoms with Crippen LogP contribution in [0.3, 0.4) is 0 Å². The van der Waals surface area contributed by atoms with Gasteiger partial charge in [-0.05, 0) is 39.5 Å². The van der Waals surface area contributed by atoms with Gasteiger partial charge in [0.15, 0.2) is 0 Å². The van der Waals surface area contributed by atoms with Crippen LogP contribution >= 0.6 is 0 Å². The molecule has 0 radical (unpaired) electrons. The average molecular weight is 256 g/mol. The highest BCUT2D eigenvalue weighted by atomic mass is 16.4. The third kappa shape index (κ3) is 4.29. The highest BCUT2D eigenvalue weighted by Gasteiger charge is 2.28. The van der Waals surface area contributed by atoms with Crippen LogP contribution < -0.4 is 5.32 Å². The van der Waals surface area contributed by atoms with Crippen LogP contribution in [0.4, 0.5) is 0 Å². The Kier molecular flexibility index (Phi) is 5.59. The van der Waals surface area contributed by atoms with Gasteiger partial charge in [-0.25, -0.2) is 0 Å². The fourth-order valence-electron chi connectivity index (χ4n) is 2.83. The molecule has 1 amide bonds. The number of amides is 1. The van der Waals surface area contributed by atoms with E-state index in [9.17, 15) is 9.59 Å². The molecule has 1 aliphatic rings. The van der Waals surface area contributed by atoms with Crippen LogP contribution in [-0.2, 0) is 9.59 Å². The van der Waals surface area contributed by atoms with Crippen molar-refractivity contribution in [2.24, 2.45) is 0 Å². The maximum absolute atomic E-state index is 11.6. The van der Waals surface area contributed by atoms with Crippen LogP contribution in [0.25, 0.3) is 0 Å². The Bertz CT molecular complexity index is 297. The molecule has 1 aliphatic carbocycles. The summed E-state index contributed by atoms with van der Waals surface area (Å²) in [6.07, 6.45) is 3.78. The van der Waals surface area contributed by atoms with Crippen LogP contribution in [0.15, 0.2) is 0 Å². The first-order valence-electron chi connectivity index (χ1n) is 6.66. The molecule has 5 heteroatoms. The van der Waals surface area contributed by atoms with Gasteiger partial charge in [0, 0.05) is 25.0 Å². The van der Waals surface area contributed by atoms with E-state index in [0.717, 1.165) is 25.7 Å². The van der Waals surface area contributed by atoms with Gasteiger partial charge >= 0.3 is 5.97 Å². The molecule has 0 saturated heterocycles. The quantitative estimate of drug-likeness (QED) is 0.776. The summed E-state index contributed by atoms with van der Waals surface area (Å²) in [6, 6.07) is 0.819. The second-order valence-corrected chi connectivity index (χ2v) is 5.30. The molecule has 5 nitrogen and oxygen atoms in total. The number of nitrogens with one attached hydrogen (secondary N) is 1. The number of carbonyl (C=O) groups is 2. The Labute approximate surface area is 109 Å². The minimum Gasteiger partial charge on any atom is -0.480 e. The molecule has 0 atom stereocenters. The predicted molar refractivity (Wildman–Crippen MR) is 69.3 cm³/mol. The highest BCUT2D eigenvalue weighted by Crippen LogP contribution is 2.24. The molecule has 0 aromatic carbocycles. The van der Waals surface area contributed by atoms with Gasteiger partial charge in [-0.2, -0.15) is 0 Å². The summed E-state index contributed by atoms with van der Waals surface area (Å²) in [6.45, 7) is 5.72. The van der Waals surface area contributed by atoms with Crippen molar-refractivity contribution in [3.63, 3.8) is 0 Å². The molecular weight excluding hydrogens is 232 g/mol. The minimum absolute atomic E-state index is 0.0237. The van der Waals surface area contributed by atoms with E-state index >= 15 is 0 Å².